The molecule has 1 aliphatic carbocycles. The molecule has 11 nitrogen and oxygen atoms in total. The average Bonchev–Trinajstić information content (AvgIpc) is 3.67. The van der Waals surface area contributed by atoms with Gasteiger partial charge in [-0.15, -0.1) is 0 Å². The zero-order valence-electron chi connectivity index (χ0n) is 21.8. The molecule has 1 aliphatic heterocycles. The first-order valence-corrected chi connectivity index (χ1v) is 13.2. The Labute approximate surface area is 230 Å². The van der Waals surface area contributed by atoms with Crippen LogP contribution in [0.3, 0.4) is 0 Å². The van der Waals surface area contributed by atoms with Gasteiger partial charge in [0.05, 0.1) is 5.52 Å². The van der Waals surface area contributed by atoms with Crippen LogP contribution in [0.1, 0.15) is 23.3 Å². The molecule has 1 saturated heterocycles. The summed E-state index contributed by atoms with van der Waals surface area (Å²) in [6, 6.07) is 12.4. The molecule has 0 atom stereocenters. The van der Waals surface area contributed by atoms with E-state index >= 15 is 0 Å². The van der Waals surface area contributed by atoms with Gasteiger partial charge in [0.25, 0.3) is 11.8 Å². The van der Waals surface area contributed by atoms with Crippen LogP contribution < -0.4 is 5.32 Å². The van der Waals surface area contributed by atoms with Crippen molar-refractivity contribution in [3.8, 4) is 5.82 Å². The van der Waals surface area contributed by atoms with Crippen LogP contribution in [-0.2, 0) is 16.1 Å². The van der Waals surface area contributed by atoms with Crippen molar-refractivity contribution in [2.75, 3.05) is 31.5 Å². The lowest BCUT2D eigenvalue weighted by atomic mass is 10.1. The number of amides is 3. The Morgan fingerprint density at radius 2 is 1.80 bits per heavy atom. The average molecular weight is 537 g/mol. The minimum absolute atomic E-state index is 0.0330. The number of fused-ring (bicyclic) bond motifs is 1. The van der Waals surface area contributed by atoms with Gasteiger partial charge in [-0.25, -0.2) is 9.67 Å². The van der Waals surface area contributed by atoms with Gasteiger partial charge in [-0.2, -0.15) is 10.2 Å². The molecule has 11 heteroatoms. The van der Waals surface area contributed by atoms with E-state index in [1.807, 2.05) is 29.2 Å². The van der Waals surface area contributed by atoms with Gasteiger partial charge in [-0.1, -0.05) is 24.3 Å². The van der Waals surface area contributed by atoms with Gasteiger partial charge in [-0.05, 0) is 49.2 Å². The summed E-state index contributed by atoms with van der Waals surface area (Å²) in [5, 5.41) is 12.4. The molecule has 0 saturated carbocycles. The van der Waals surface area contributed by atoms with Crippen LogP contribution in [0, 0.1) is 0 Å². The Balaban J connectivity index is 1.06. The first kappa shape index (κ1) is 25.2. The Morgan fingerprint density at radius 3 is 2.58 bits per heavy atom. The van der Waals surface area contributed by atoms with Gasteiger partial charge in [0.15, 0.2) is 5.82 Å². The van der Waals surface area contributed by atoms with Crippen molar-refractivity contribution in [3.05, 3.63) is 90.6 Å². The maximum atomic E-state index is 13.0. The summed E-state index contributed by atoms with van der Waals surface area (Å²) in [5.74, 6) is 0.189. The van der Waals surface area contributed by atoms with Crippen molar-refractivity contribution in [3.63, 3.8) is 0 Å². The fraction of sp³-hybridized carbons (Fsp3) is 0.241. The first-order chi connectivity index (χ1) is 19.5. The molecule has 0 radical (unpaired) electrons. The van der Waals surface area contributed by atoms with E-state index in [0.717, 1.165) is 23.8 Å². The minimum atomic E-state index is -0.343. The molecule has 4 heterocycles. The Kier molecular flexibility index (Phi) is 6.92. The SMILES string of the molecule is O=C(Nc1ccc2nn(CC(=O)N3CCN(C(=O)C4=CCCC=C4)CC3)cc2c1)c1cccc(-n2cccn2)n1. The molecule has 202 valence electrons. The summed E-state index contributed by atoms with van der Waals surface area (Å²) in [4.78, 5) is 46.5. The molecule has 40 heavy (non-hydrogen) atoms. The normalized spacial score (nSPS) is 15.2. The molecule has 0 bridgehead atoms. The fourth-order valence-electron chi connectivity index (χ4n) is 4.86. The van der Waals surface area contributed by atoms with Gasteiger partial charge < -0.3 is 15.1 Å². The molecule has 3 amide bonds. The first-order valence-electron chi connectivity index (χ1n) is 13.2. The highest BCUT2D eigenvalue weighted by Gasteiger charge is 2.25. The van der Waals surface area contributed by atoms with Crippen LogP contribution in [-0.4, -0.2) is 78.2 Å². The van der Waals surface area contributed by atoms with E-state index in [1.54, 1.807) is 69.3 Å². The molecular formula is C29H28N8O3. The molecule has 1 fully saturated rings. The minimum Gasteiger partial charge on any atom is -0.338 e. The second-order valence-electron chi connectivity index (χ2n) is 9.70. The summed E-state index contributed by atoms with van der Waals surface area (Å²) in [6.45, 7) is 2.11. The van der Waals surface area contributed by atoms with Gasteiger partial charge in [0, 0.05) is 61.4 Å². The van der Waals surface area contributed by atoms with Crippen LogP contribution in [0.25, 0.3) is 16.7 Å². The third-order valence-corrected chi connectivity index (χ3v) is 6.97. The van der Waals surface area contributed by atoms with Crippen molar-refractivity contribution in [2.45, 2.75) is 19.4 Å². The number of nitrogens with one attached hydrogen (secondary N) is 1. The van der Waals surface area contributed by atoms with Gasteiger partial charge in [0.1, 0.15) is 12.2 Å². The van der Waals surface area contributed by atoms with Crippen molar-refractivity contribution < 1.29 is 14.4 Å². The quantitative estimate of drug-likeness (QED) is 0.405. The number of rotatable bonds is 6. The number of allylic oxidation sites excluding steroid dienone is 2. The molecule has 2 aliphatic rings. The van der Waals surface area contributed by atoms with Crippen molar-refractivity contribution in [1.29, 1.82) is 0 Å². The van der Waals surface area contributed by atoms with E-state index in [4.69, 9.17) is 0 Å². The molecule has 0 spiro atoms. The monoisotopic (exact) mass is 536 g/mol. The van der Waals surface area contributed by atoms with E-state index in [0.29, 0.717) is 43.2 Å². The number of hydrogen-bond donors (Lipinski definition) is 1. The highest BCUT2D eigenvalue weighted by molar-refractivity contribution is 6.04. The highest BCUT2D eigenvalue weighted by atomic mass is 16.2. The maximum Gasteiger partial charge on any atom is 0.274 e. The van der Waals surface area contributed by atoms with E-state index in [9.17, 15) is 14.4 Å². The van der Waals surface area contributed by atoms with Crippen molar-refractivity contribution >= 4 is 34.3 Å². The summed E-state index contributed by atoms with van der Waals surface area (Å²) in [7, 11) is 0. The van der Waals surface area contributed by atoms with Gasteiger partial charge in [0.2, 0.25) is 5.91 Å². The number of carbonyl (C=O) groups excluding carboxylic acids is 3. The van der Waals surface area contributed by atoms with Crippen LogP contribution in [0.4, 0.5) is 5.69 Å². The van der Waals surface area contributed by atoms with E-state index in [1.165, 1.54) is 0 Å². The molecule has 1 N–H and O–H groups in total. The lowest BCUT2D eigenvalue weighted by Gasteiger charge is -2.35. The molecule has 3 aromatic heterocycles. The molecular weight excluding hydrogens is 508 g/mol. The zero-order chi connectivity index (χ0) is 27.5. The molecule has 1 aromatic carbocycles. The highest BCUT2D eigenvalue weighted by Crippen LogP contribution is 2.20. The Bertz CT molecular complexity index is 1630. The summed E-state index contributed by atoms with van der Waals surface area (Å²) >= 11 is 0. The number of anilines is 1. The second-order valence-corrected chi connectivity index (χ2v) is 9.70. The van der Waals surface area contributed by atoms with E-state index < -0.39 is 0 Å². The lowest BCUT2D eigenvalue weighted by molar-refractivity contribution is -0.138. The van der Waals surface area contributed by atoms with Crippen molar-refractivity contribution in [2.24, 2.45) is 0 Å². The number of benzene rings is 1. The summed E-state index contributed by atoms with van der Waals surface area (Å²) < 4.78 is 3.20. The third-order valence-electron chi connectivity index (χ3n) is 6.97. The van der Waals surface area contributed by atoms with E-state index in [2.05, 4.69) is 20.5 Å². The van der Waals surface area contributed by atoms with Crippen LogP contribution >= 0.6 is 0 Å². The predicted molar refractivity (Wildman–Crippen MR) is 149 cm³/mol. The largest absolute Gasteiger partial charge is 0.338 e. The predicted octanol–water partition coefficient (Wildman–Crippen LogP) is 2.82. The van der Waals surface area contributed by atoms with Gasteiger partial charge >= 0.3 is 0 Å². The Hall–Kier alpha value is -5.06. The summed E-state index contributed by atoms with van der Waals surface area (Å²) in [5.41, 5.74) is 2.32. The van der Waals surface area contributed by atoms with Crippen molar-refractivity contribution in [1.82, 2.24) is 34.3 Å². The molecule has 4 aromatic rings. The van der Waals surface area contributed by atoms with Crippen LogP contribution in [0.15, 0.2) is 84.9 Å². The number of hydrogen-bond acceptors (Lipinski definition) is 6. The van der Waals surface area contributed by atoms with Crippen LogP contribution in [0.5, 0.6) is 0 Å². The van der Waals surface area contributed by atoms with Gasteiger partial charge in [-0.3, -0.25) is 19.1 Å². The second kappa shape index (κ2) is 11.0. The lowest BCUT2D eigenvalue weighted by Crippen LogP contribution is -2.51. The number of aromatic nitrogens is 5. The number of nitrogens with zero attached hydrogens (tertiary/aromatic N) is 7. The number of pyridine rings is 1. The number of piperazine rings is 1. The number of carbonyl (C=O) groups is 3. The standard InChI is InChI=1S/C29H28N8O3/c38-27(34-14-16-35(17-15-34)29(40)21-6-2-1-3-7-21)20-36-19-22-18-23(10-11-24(22)33-36)31-28(39)25-8-4-9-26(32-25)37-13-5-12-30-37/h2,4-13,18-19H,1,3,14-17,20H2,(H,31,39). The summed E-state index contributed by atoms with van der Waals surface area (Å²) in [6.07, 6.45) is 13.0. The molecule has 0 unspecified atom stereocenters. The molecule has 6 rings (SSSR count). The zero-order valence-corrected chi connectivity index (χ0v) is 21.8. The van der Waals surface area contributed by atoms with Crippen LogP contribution in [0.2, 0.25) is 0 Å². The third kappa shape index (κ3) is 5.39. The maximum absolute atomic E-state index is 13.0. The Morgan fingerprint density at radius 1 is 0.950 bits per heavy atom. The topological polar surface area (TPSA) is 118 Å². The fourth-order valence-corrected chi connectivity index (χ4v) is 4.86. The van der Waals surface area contributed by atoms with E-state index in [-0.39, 0.29) is 30.0 Å². The smallest absolute Gasteiger partial charge is 0.274 e.